The molecule has 0 amide bonds. The summed E-state index contributed by atoms with van der Waals surface area (Å²) in [5.41, 5.74) is 0. The Balaban J connectivity index is 1.77. The second-order valence-corrected chi connectivity index (χ2v) is 8.32. The van der Waals surface area contributed by atoms with Crippen LogP contribution in [0.5, 0.6) is 0 Å². The molecule has 1 nitrogen and oxygen atoms in total. The van der Waals surface area contributed by atoms with Gasteiger partial charge in [-0.15, -0.1) is 0 Å². The zero-order chi connectivity index (χ0) is 16.7. The third kappa shape index (κ3) is 5.62. The van der Waals surface area contributed by atoms with Crippen LogP contribution in [-0.2, 0) is 4.74 Å². The van der Waals surface area contributed by atoms with E-state index in [9.17, 15) is 0 Å². The second-order valence-electron chi connectivity index (χ2n) is 8.32. The molecule has 0 aromatic carbocycles. The third-order valence-corrected chi connectivity index (χ3v) is 6.63. The first kappa shape index (κ1) is 19.0. The monoisotopic (exact) mass is 320 g/mol. The predicted octanol–water partition coefficient (Wildman–Crippen LogP) is 6.63. The number of ether oxygens (including phenoxy) is 1. The average Bonchev–Trinajstić information content (AvgIpc) is 2.57. The van der Waals surface area contributed by atoms with Gasteiger partial charge in [0.25, 0.3) is 0 Å². The Labute approximate surface area is 145 Å². The van der Waals surface area contributed by atoms with E-state index in [2.05, 4.69) is 39.8 Å². The molecule has 0 heterocycles. The van der Waals surface area contributed by atoms with Crippen molar-refractivity contribution in [2.45, 2.75) is 91.6 Å². The van der Waals surface area contributed by atoms with Crippen molar-refractivity contribution in [2.75, 3.05) is 6.61 Å². The zero-order valence-corrected chi connectivity index (χ0v) is 16.1. The molecule has 2 rings (SSSR count). The molecular formula is C22H40O. The molecule has 2 fully saturated rings. The number of rotatable bonds is 7. The fourth-order valence-electron chi connectivity index (χ4n) is 4.76. The van der Waals surface area contributed by atoms with Crippen LogP contribution in [0.1, 0.15) is 85.5 Å². The summed E-state index contributed by atoms with van der Waals surface area (Å²) in [7, 11) is 0. The van der Waals surface area contributed by atoms with Gasteiger partial charge in [0.15, 0.2) is 0 Å². The molecule has 0 bridgehead atoms. The van der Waals surface area contributed by atoms with Crippen molar-refractivity contribution in [2.24, 2.45) is 29.6 Å². The summed E-state index contributed by atoms with van der Waals surface area (Å²) in [5, 5.41) is 0. The topological polar surface area (TPSA) is 9.23 Å². The van der Waals surface area contributed by atoms with Crippen molar-refractivity contribution in [1.82, 2.24) is 0 Å². The molecule has 0 N–H and O–H groups in total. The highest BCUT2D eigenvalue weighted by Gasteiger charge is 2.33. The van der Waals surface area contributed by atoms with Gasteiger partial charge in [-0.05, 0) is 74.5 Å². The van der Waals surface area contributed by atoms with E-state index in [1.54, 1.807) is 0 Å². The Morgan fingerprint density at radius 1 is 0.826 bits per heavy atom. The Bertz CT molecular complexity index is 340. The van der Waals surface area contributed by atoms with Crippen LogP contribution in [0.2, 0.25) is 0 Å². The van der Waals surface area contributed by atoms with Crippen LogP contribution >= 0.6 is 0 Å². The first-order chi connectivity index (χ1) is 11.2. The quantitative estimate of drug-likeness (QED) is 0.478. The summed E-state index contributed by atoms with van der Waals surface area (Å²) < 4.78 is 6.07. The van der Waals surface area contributed by atoms with Crippen molar-refractivity contribution >= 4 is 0 Å². The van der Waals surface area contributed by atoms with E-state index in [1.165, 1.54) is 51.4 Å². The van der Waals surface area contributed by atoms with Crippen molar-refractivity contribution in [3.8, 4) is 0 Å². The molecule has 0 aromatic heterocycles. The first-order valence-corrected chi connectivity index (χ1v) is 10.5. The summed E-state index contributed by atoms with van der Waals surface area (Å²) in [6, 6.07) is 0. The molecule has 134 valence electrons. The summed E-state index contributed by atoms with van der Waals surface area (Å²) in [4.78, 5) is 0. The lowest BCUT2D eigenvalue weighted by Gasteiger charge is -2.39. The summed E-state index contributed by atoms with van der Waals surface area (Å²) >= 11 is 0. The minimum absolute atomic E-state index is 0.499. The van der Waals surface area contributed by atoms with Crippen LogP contribution in [0.3, 0.4) is 0 Å². The van der Waals surface area contributed by atoms with E-state index in [4.69, 9.17) is 4.74 Å². The Hall–Kier alpha value is -0.300. The van der Waals surface area contributed by atoms with Gasteiger partial charge in [-0.2, -0.15) is 0 Å². The standard InChI is InChI=1S/C22H40O/c1-5-7-19-8-10-20(11-9-19)12-13-21-14-15-22(23-16-6-2)18(4)17(21)3/h12-13,17-22H,5-11,14-16H2,1-4H3. The van der Waals surface area contributed by atoms with E-state index < -0.39 is 0 Å². The lowest BCUT2D eigenvalue weighted by Crippen LogP contribution is -2.36. The van der Waals surface area contributed by atoms with Crippen LogP contribution in [0.15, 0.2) is 12.2 Å². The predicted molar refractivity (Wildman–Crippen MR) is 101 cm³/mol. The molecule has 1 heteroatoms. The van der Waals surface area contributed by atoms with Gasteiger partial charge in [-0.1, -0.05) is 52.7 Å². The fraction of sp³-hybridized carbons (Fsp3) is 0.909. The molecule has 23 heavy (non-hydrogen) atoms. The van der Waals surface area contributed by atoms with Gasteiger partial charge in [0.1, 0.15) is 0 Å². The normalized spacial score (nSPS) is 39.0. The van der Waals surface area contributed by atoms with Crippen LogP contribution < -0.4 is 0 Å². The van der Waals surface area contributed by atoms with Gasteiger partial charge in [-0.25, -0.2) is 0 Å². The summed E-state index contributed by atoms with van der Waals surface area (Å²) in [5.74, 6) is 4.12. The second kappa shape index (κ2) is 9.87. The molecule has 0 aliphatic heterocycles. The van der Waals surface area contributed by atoms with Crippen LogP contribution in [0.25, 0.3) is 0 Å². The summed E-state index contributed by atoms with van der Waals surface area (Å²) in [6.07, 6.45) is 18.0. The highest BCUT2D eigenvalue weighted by Crippen LogP contribution is 2.38. The highest BCUT2D eigenvalue weighted by molar-refractivity contribution is 4.99. The maximum Gasteiger partial charge on any atom is 0.0603 e. The summed E-state index contributed by atoms with van der Waals surface area (Å²) in [6.45, 7) is 10.3. The lowest BCUT2D eigenvalue weighted by atomic mass is 9.71. The Morgan fingerprint density at radius 2 is 1.57 bits per heavy atom. The molecule has 0 aromatic rings. The average molecular weight is 321 g/mol. The van der Waals surface area contributed by atoms with Crippen LogP contribution in [0.4, 0.5) is 0 Å². The highest BCUT2D eigenvalue weighted by atomic mass is 16.5. The zero-order valence-electron chi connectivity index (χ0n) is 16.1. The first-order valence-electron chi connectivity index (χ1n) is 10.5. The maximum atomic E-state index is 6.07. The van der Waals surface area contributed by atoms with Gasteiger partial charge in [0, 0.05) is 6.61 Å². The molecule has 0 saturated heterocycles. The SMILES string of the molecule is CCCOC1CCC(C=CC2CCC(CCC)CC2)C(C)C1C. The van der Waals surface area contributed by atoms with Gasteiger partial charge in [-0.3, -0.25) is 0 Å². The van der Waals surface area contributed by atoms with Crippen molar-refractivity contribution in [3.05, 3.63) is 12.2 Å². The largest absolute Gasteiger partial charge is 0.378 e. The van der Waals surface area contributed by atoms with E-state index in [1.807, 2.05) is 0 Å². The minimum Gasteiger partial charge on any atom is -0.378 e. The molecule has 4 unspecified atom stereocenters. The van der Waals surface area contributed by atoms with Gasteiger partial charge in [0.2, 0.25) is 0 Å². The number of hydrogen-bond acceptors (Lipinski definition) is 1. The Kier molecular flexibility index (Phi) is 8.16. The molecule has 4 atom stereocenters. The third-order valence-electron chi connectivity index (χ3n) is 6.63. The molecule has 0 spiro atoms. The van der Waals surface area contributed by atoms with E-state index in [0.29, 0.717) is 12.0 Å². The van der Waals surface area contributed by atoms with E-state index in [0.717, 1.165) is 36.7 Å². The molecular weight excluding hydrogens is 280 g/mol. The number of hydrogen-bond donors (Lipinski definition) is 0. The van der Waals surface area contributed by atoms with Crippen molar-refractivity contribution < 1.29 is 4.74 Å². The number of allylic oxidation sites excluding steroid dienone is 2. The fourth-order valence-corrected chi connectivity index (χ4v) is 4.76. The molecule has 2 aliphatic rings. The minimum atomic E-state index is 0.499. The van der Waals surface area contributed by atoms with E-state index >= 15 is 0 Å². The van der Waals surface area contributed by atoms with Crippen molar-refractivity contribution in [1.29, 1.82) is 0 Å². The van der Waals surface area contributed by atoms with Gasteiger partial charge in [0.05, 0.1) is 6.10 Å². The van der Waals surface area contributed by atoms with Crippen molar-refractivity contribution in [3.63, 3.8) is 0 Å². The lowest BCUT2D eigenvalue weighted by molar-refractivity contribution is -0.0338. The maximum absolute atomic E-state index is 6.07. The Morgan fingerprint density at radius 3 is 2.22 bits per heavy atom. The van der Waals surface area contributed by atoms with Gasteiger partial charge >= 0.3 is 0 Å². The molecule has 0 radical (unpaired) electrons. The van der Waals surface area contributed by atoms with E-state index in [-0.39, 0.29) is 0 Å². The van der Waals surface area contributed by atoms with Crippen LogP contribution in [0, 0.1) is 29.6 Å². The van der Waals surface area contributed by atoms with Crippen LogP contribution in [-0.4, -0.2) is 12.7 Å². The molecule has 2 saturated carbocycles. The smallest absolute Gasteiger partial charge is 0.0603 e. The van der Waals surface area contributed by atoms with Gasteiger partial charge < -0.3 is 4.74 Å². The molecule has 2 aliphatic carbocycles.